The van der Waals surface area contributed by atoms with E-state index in [0.29, 0.717) is 12.8 Å². The third-order valence-corrected chi connectivity index (χ3v) is 23.2. The van der Waals surface area contributed by atoms with Crippen LogP contribution < -0.4 is 113 Å². The van der Waals surface area contributed by atoms with Crippen LogP contribution in [0.3, 0.4) is 0 Å². The summed E-state index contributed by atoms with van der Waals surface area (Å²) in [5, 5.41) is 56.0. The quantitative estimate of drug-likeness (QED) is 0.0291. The summed E-state index contributed by atoms with van der Waals surface area (Å²) in [6.45, 7) is 34.0. The zero-order valence-corrected chi connectivity index (χ0v) is 84.7. The first-order valence-electron chi connectivity index (χ1n) is 46.4. The Balaban J connectivity index is 1.65. The fourth-order valence-electron chi connectivity index (χ4n) is 14.8. The molecule has 139 heavy (non-hydrogen) atoms. The summed E-state index contributed by atoms with van der Waals surface area (Å²) in [6, 6.07) is -5.62. The normalized spacial score (nSPS) is 16.2. The molecule has 2 heterocycles. The summed E-state index contributed by atoms with van der Waals surface area (Å²) in [5.41, 5.74) is 3.01. The first-order valence-corrected chi connectivity index (χ1v) is 46.4. The van der Waals surface area contributed by atoms with Gasteiger partial charge in [-0.2, -0.15) is 0 Å². The highest BCUT2D eigenvalue weighted by molar-refractivity contribution is 6.05. The minimum absolute atomic E-state index is 0.00718. The van der Waals surface area contributed by atoms with Crippen LogP contribution in [0, 0.1) is 17.8 Å². The number of carbonyl (C=O) groups excluding carboxylic acids is 23. The number of aliphatic hydroxyl groups is 1. The zero-order chi connectivity index (χ0) is 107. The Kier molecular flexibility index (Phi) is 44.1. The molecule has 0 unspecified atom stereocenters. The minimum atomic E-state index is -1.91. The lowest BCUT2D eigenvalue weighted by Gasteiger charge is -2.36. The molecule has 1 aromatic carbocycles. The number of rotatable bonds is 53. The van der Waals surface area contributed by atoms with E-state index in [0.717, 1.165) is 5.56 Å². The van der Waals surface area contributed by atoms with Gasteiger partial charge in [-0.3, -0.25) is 110 Å². The van der Waals surface area contributed by atoms with Crippen LogP contribution in [0.15, 0.2) is 30.3 Å². The highest BCUT2D eigenvalue weighted by Crippen LogP contribution is 2.27. The molecule has 0 radical (unpaired) electrons. The number of aliphatic hydroxyl groups excluding tert-OH is 1. The van der Waals surface area contributed by atoms with Crippen molar-refractivity contribution in [3.8, 4) is 0 Å². The van der Waals surface area contributed by atoms with Gasteiger partial charge in [0.2, 0.25) is 136 Å². The zero-order valence-electron chi connectivity index (χ0n) is 84.7. The van der Waals surface area contributed by atoms with Crippen molar-refractivity contribution in [2.45, 2.75) is 361 Å². The molecule has 11 atom stereocenters. The van der Waals surface area contributed by atoms with Crippen molar-refractivity contribution in [3.63, 3.8) is 0 Å². The van der Waals surface area contributed by atoms with Crippen molar-refractivity contribution in [1.82, 2.24) is 106 Å². The van der Waals surface area contributed by atoms with Gasteiger partial charge < -0.3 is 128 Å². The monoisotopic (exact) mass is 1960 g/mol. The lowest BCUT2D eigenvalue weighted by atomic mass is 9.96. The average molecular weight is 1960 g/mol. The molecule has 1 aromatic rings. The lowest BCUT2D eigenvalue weighted by Crippen LogP contribution is -2.66. The van der Waals surface area contributed by atoms with Crippen molar-refractivity contribution in [1.29, 1.82) is 0 Å². The molecule has 0 aromatic heterocycles. The topological polar surface area (TPSA) is 714 Å². The van der Waals surface area contributed by atoms with Crippen LogP contribution in [0.1, 0.15) is 249 Å². The predicted molar refractivity (Wildman–Crippen MR) is 506 cm³/mol. The number of carbonyl (C=O) groups is 23. The number of nitrogens with one attached hydrogen (secondary N) is 18. The fourth-order valence-corrected chi connectivity index (χ4v) is 14.8. The van der Waals surface area contributed by atoms with Crippen molar-refractivity contribution in [2.24, 2.45) is 35.0 Å². The predicted octanol–water partition coefficient (Wildman–Crippen LogP) is -4.94. The molecule has 0 spiro atoms. The van der Waals surface area contributed by atoms with E-state index in [1.807, 2.05) is 0 Å². The number of hydrogen-bond acceptors (Lipinski definition) is 24. The number of primary amides is 3. The number of benzene rings is 1. The summed E-state index contributed by atoms with van der Waals surface area (Å²) in [4.78, 5) is 315. The Morgan fingerprint density at radius 2 is 0.727 bits per heavy atom. The maximum Gasteiger partial charge on any atom is 0.248 e. The second kappa shape index (κ2) is 51.1. The van der Waals surface area contributed by atoms with Crippen molar-refractivity contribution in [3.05, 3.63) is 35.9 Å². The molecule has 2 saturated heterocycles. The molecule has 25 N–H and O–H groups in total. The molecule has 2 aliphatic rings. The van der Waals surface area contributed by atoms with Crippen molar-refractivity contribution in [2.75, 3.05) is 26.2 Å². The van der Waals surface area contributed by atoms with E-state index in [9.17, 15) is 115 Å². The van der Waals surface area contributed by atoms with Crippen LogP contribution >= 0.6 is 0 Å². The van der Waals surface area contributed by atoms with E-state index in [1.165, 1.54) is 141 Å². The summed E-state index contributed by atoms with van der Waals surface area (Å²) in [7, 11) is 0. The molecule has 0 aliphatic carbocycles. The first-order chi connectivity index (χ1) is 63.8. The number of nitrogens with two attached hydrogens (primary N) is 3. The SMILES string of the molecule is CC(=O)NC(C)(C)C(=O)N1CCC[C@@H]1C(=O)NC(C)(C)C(=O)N[C@H](C)C(=O)NC(C)(C)C(=O)N[C@H](C)C(=O)N[C@H](CCC(N)=O)C(=O)NC(C)(C)C(=O)N[C@@H](C(=O)NC(C)(C)C(=O)NCC(=O)N[C@H](CC(C)C)C(=O)NC(C)(C)C(=O)N1CCC[C@@H]1C(=O)N[C@@H](C(=O)NC(C)(C)C(=O)NC(C)(C)C(=O)N[C@H](CCC(N)=O)C(=O)N[C@H](CCC(N)=O)C(=O)N[C@@H](CO)Cc1ccccc1)C(C)C)C(C)C. The molecular weight excluding hydrogens is 1810 g/mol. The molecular formula is C92H151N23O24. The average Bonchev–Trinajstić information content (AvgIpc) is 1.63. The van der Waals surface area contributed by atoms with Crippen LogP contribution in [-0.2, 0) is 117 Å². The van der Waals surface area contributed by atoms with Gasteiger partial charge in [-0.25, -0.2) is 0 Å². The second-order valence-electron chi connectivity index (χ2n) is 40.9. The van der Waals surface area contributed by atoms with E-state index < -0.39 is 297 Å². The lowest BCUT2D eigenvalue weighted by molar-refractivity contribution is -0.146. The Morgan fingerprint density at radius 1 is 0.367 bits per heavy atom. The Labute approximate surface area is 811 Å². The minimum Gasteiger partial charge on any atom is -0.394 e. The van der Waals surface area contributed by atoms with E-state index in [-0.39, 0.29) is 57.5 Å². The maximum atomic E-state index is 14.6. The molecule has 0 bridgehead atoms. The van der Waals surface area contributed by atoms with Gasteiger partial charge in [-0.15, -0.1) is 0 Å². The molecule has 47 nitrogen and oxygen atoms in total. The second-order valence-corrected chi connectivity index (χ2v) is 40.9. The van der Waals surface area contributed by atoms with Gasteiger partial charge in [0, 0.05) is 39.3 Å². The highest BCUT2D eigenvalue weighted by Gasteiger charge is 2.49. The third-order valence-electron chi connectivity index (χ3n) is 23.2. The van der Waals surface area contributed by atoms with Crippen molar-refractivity contribution >= 4 is 136 Å². The molecule has 2 aliphatic heterocycles. The van der Waals surface area contributed by atoms with Gasteiger partial charge >= 0.3 is 0 Å². The van der Waals surface area contributed by atoms with Crippen LogP contribution in [0.5, 0.6) is 0 Å². The van der Waals surface area contributed by atoms with E-state index >= 15 is 0 Å². The van der Waals surface area contributed by atoms with Crippen LogP contribution in [0.25, 0.3) is 0 Å². The third kappa shape index (κ3) is 37.3. The first kappa shape index (κ1) is 120. The van der Waals surface area contributed by atoms with Crippen LogP contribution in [-0.4, -0.2) is 288 Å². The molecule has 3 rings (SSSR count). The molecule has 23 amide bonds. The Bertz CT molecular complexity index is 4700. The van der Waals surface area contributed by atoms with Gasteiger partial charge in [0.25, 0.3) is 0 Å². The van der Waals surface area contributed by atoms with E-state index in [1.54, 1.807) is 71.9 Å². The van der Waals surface area contributed by atoms with Gasteiger partial charge in [-0.1, -0.05) is 71.9 Å². The number of nitrogens with zero attached hydrogens (tertiary/aromatic N) is 2. The van der Waals surface area contributed by atoms with Gasteiger partial charge in [0.15, 0.2) is 0 Å². The summed E-state index contributed by atoms with van der Waals surface area (Å²) < 4.78 is 0. The largest absolute Gasteiger partial charge is 0.394 e. The van der Waals surface area contributed by atoms with Gasteiger partial charge in [0.05, 0.1) is 19.2 Å². The number of likely N-dealkylation sites (tertiary alicyclic amines) is 2. The van der Waals surface area contributed by atoms with Crippen LogP contribution in [0.4, 0.5) is 0 Å². The highest BCUT2D eigenvalue weighted by atomic mass is 16.3. The number of hydrogen-bond donors (Lipinski definition) is 22. The number of amides is 23. The Morgan fingerprint density at radius 3 is 1.18 bits per heavy atom. The van der Waals surface area contributed by atoms with Crippen LogP contribution in [0.2, 0.25) is 0 Å². The molecule has 2 fully saturated rings. The van der Waals surface area contributed by atoms with E-state index in [4.69, 9.17) is 17.2 Å². The van der Waals surface area contributed by atoms with Gasteiger partial charge in [0.1, 0.15) is 105 Å². The summed E-state index contributed by atoms with van der Waals surface area (Å²) in [5.74, 6) is -21.0. The van der Waals surface area contributed by atoms with Crippen molar-refractivity contribution < 1.29 is 115 Å². The maximum absolute atomic E-state index is 14.6. The summed E-state index contributed by atoms with van der Waals surface area (Å²) >= 11 is 0. The fraction of sp³-hybridized carbons (Fsp3) is 0.685. The molecule has 778 valence electrons. The molecule has 47 heteroatoms. The smallest absolute Gasteiger partial charge is 0.248 e. The molecule has 0 saturated carbocycles. The Hall–Kier alpha value is -13.0. The van der Waals surface area contributed by atoms with E-state index in [2.05, 4.69) is 95.7 Å². The summed E-state index contributed by atoms with van der Waals surface area (Å²) in [6.07, 6.45) is -1.04. The van der Waals surface area contributed by atoms with Gasteiger partial charge in [-0.05, 0) is 206 Å². The standard InChI is InChI=1S/C92H151N23O24/c1-47(2)43-58(72(127)109-92(24,25)84(139)114-41-29-33-59(114)73(128)104-65(48(3)4)75(130)112-90(20,21)82(137)113-89(18,19)80(135)103-56(36-39-62(94)119)70(125)102-55(35-38-61(93)118)69(124)99-54(46-116)44-53-31-27-26-28-32-53)100-64(121)45-96-77(132)85(10,11)111-76(131)66(49(5)6)105-81(136)88(16,17)108-71(126)57(37-40-63(95)120)101-67(122)50(7)97-78(133)86(12,13)107-68(123)51(8)98-79(134)87(14,15)110-74(129)60-34-30-42-115(60)83(138)91(22,23)106-52(9)117/h26-28,31-32,47-51,54-60,65-66,116H,29-30,33-46H2,1-25H3,(H2,93,118)(H2,94,119)(H2,95,120)(H,96,132)(H,97,133)(H,98,134)(H,99,124)(H,100,121)(H,101,122)(H,102,125)(H,103,135)(H,104,128)(H,105,136)(H,106,117)(H,107,123)(H,108,126)(H,109,127)(H,110,129)(H,111,131)(H,112,130)(H,113,137)/t50-,51-,54-,55-,56-,57-,58-,59-,60-,65-,66-/m1/s1.